The molecule has 0 aliphatic heterocycles. The van der Waals surface area contributed by atoms with Crippen LogP contribution in [0.4, 0.5) is 0 Å². The second-order valence-electron chi connectivity index (χ2n) is 5.57. The molecule has 2 rings (SSSR count). The smallest absolute Gasteiger partial charge is 0.226 e. The highest BCUT2D eigenvalue weighted by Gasteiger charge is 2.29. The molecule has 1 aliphatic rings. The molecule has 2 N–H and O–H groups in total. The number of nitrogens with two attached hydrogens (primary N) is 1. The highest BCUT2D eigenvalue weighted by molar-refractivity contribution is 4.95. The Labute approximate surface area is 121 Å². The first-order chi connectivity index (χ1) is 9.85. The Balaban J connectivity index is 1.97. The van der Waals surface area contributed by atoms with Gasteiger partial charge in [0, 0.05) is 13.0 Å². The Morgan fingerprint density at radius 2 is 2.10 bits per heavy atom. The van der Waals surface area contributed by atoms with Gasteiger partial charge in [0.15, 0.2) is 0 Å². The lowest BCUT2D eigenvalue weighted by molar-refractivity contribution is -0.00145. The maximum Gasteiger partial charge on any atom is 0.226 e. The third kappa shape index (κ3) is 4.28. The van der Waals surface area contributed by atoms with Crippen LogP contribution in [0.5, 0.6) is 0 Å². The molecule has 5 heteroatoms. The second kappa shape index (κ2) is 8.37. The fourth-order valence-electron chi connectivity index (χ4n) is 2.94. The summed E-state index contributed by atoms with van der Waals surface area (Å²) >= 11 is 0. The van der Waals surface area contributed by atoms with E-state index in [-0.39, 0.29) is 6.10 Å². The van der Waals surface area contributed by atoms with E-state index in [1.165, 1.54) is 32.1 Å². The van der Waals surface area contributed by atoms with Crippen molar-refractivity contribution in [1.29, 1.82) is 0 Å². The van der Waals surface area contributed by atoms with Crippen molar-refractivity contribution in [2.24, 2.45) is 11.7 Å². The third-order valence-corrected chi connectivity index (χ3v) is 4.01. The Kier molecular flexibility index (Phi) is 6.47. The average molecular weight is 281 g/mol. The van der Waals surface area contributed by atoms with Gasteiger partial charge in [-0.15, -0.1) is 0 Å². The molecule has 1 unspecified atom stereocenters. The number of ether oxygens (including phenoxy) is 1. The third-order valence-electron chi connectivity index (χ3n) is 4.01. The fourth-order valence-corrected chi connectivity index (χ4v) is 2.94. The van der Waals surface area contributed by atoms with Gasteiger partial charge in [-0.1, -0.05) is 24.4 Å². The molecule has 1 fully saturated rings. The van der Waals surface area contributed by atoms with E-state index in [0.717, 1.165) is 25.1 Å². The molecule has 0 bridgehead atoms. The first-order valence-electron chi connectivity index (χ1n) is 7.99. The largest absolute Gasteiger partial charge is 0.370 e. The quantitative estimate of drug-likeness (QED) is 0.741. The molecule has 1 saturated carbocycles. The predicted molar refractivity (Wildman–Crippen MR) is 77.2 cm³/mol. The molecule has 1 heterocycles. The van der Waals surface area contributed by atoms with Crippen LogP contribution in [0.2, 0.25) is 0 Å². The van der Waals surface area contributed by atoms with E-state index in [1.807, 2.05) is 6.92 Å². The maximum absolute atomic E-state index is 5.90. The number of nitrogens with zero attached hydrogens (tertiary/aromatic N) is 2. The zero-order chi connectivity index (χ0) is 14.2. The lowest BCUT2D eigenvalue weighted by Gasteiger charge is -2.27. The molecule has 0 radical (unpaired) electrons. The number of aryl methyl sites for hydroxylation is 1. The standard InChI is InChI=1S/C15H27N3O2/c1-2-19-14(12-8-4-3-5-9-12)15-17-13(20-18-15)10-6-7-11-16/h12,14H,2-11,16H2,1H3. The van der Waals surface area contributed by atoms with Gasteiger partial charge in [-0.2, -0.15) is 4.98 Å². The molecule has 5 nitrogen and oxygen atoms in total. The summed E-state index contributed by atoms with van der Waals surface area (Å²) in [6.45, 7) is 3.43. The minimum absolute atomic E-state index is 0.00677. The van der Waals surface area contributed by atoms with Crippen molar-refractivity contribution < 1.29 is 9.26 Å². The van der Waals surface area contributed by atoms with Crippen LogP contribution in [0.15, 0.2) is 4.52 Å². The van der Waals surface area contributed by atoms with Crippen molar-refractivity contribution in [2.75, 3.05) is 13.2 Å². The molecule has 1 aromatic heterocycles. The van der Waals surface area contributed by atoms with Crippen molar-refractivity contribution in [1.82, 2.24) is 10.1 Å². The number of hydrogen-bond acceptors (Lipinski definition) is 5. The molecular formula is C15H27N3O2. The molecule has 1 aromatic rings. The van der Waals surface area contributed by atoms with E-state index in [1.54, 1.807) is 0 Å². The Morgan fingerprint density at radius 1 is 1.30 bits per heavy atom. The van der Waals surface area contributed by atoms with Crippen LogP contribution >= 0.6 is 0 Å². The zero-order valence-corrected chi connectivity index (χ0v) is 12.5. The van der Waals surface area contributed by atoms with Gasteiger partial charge < -0.3 is 15.0 Å². The molecule has 1 aliphatic carbocycles. The minimum atomic E-state index is 0.00677. The van der Waals surface area contributed by atoms with E-state index >= 15 is 0 Å². The van der Waals surface area contributed by atoms with Crippen molar-refractivity contribution in [3.63, 3.8) is 0 Å². The van der Waals surface area contributed by atoms with Gasteiger partial charge >= 0.3 is 0 Å². The minimum Gasteiger partial charge on any atom is -0.370 e. The second-order valence-corrected chi connectivity index (χ2v) is 5.57. The van der Waals surface area contributed by atoms with Gasteiger partial charge in [-0.25, -0.2) is 0 Å². The summed E-state index contributed by atoms with van der Waals surface area (Å²) in [5, 5.41) is 4.15. The summed E-state index contributed by atoms with van der Waals surface area (Å²) in [5.41, 5.74) is 5.50. The average Bonchev–Trinajstić information content (AvgIpc) is 2.94. The van der Waals surface area contributed by atoms with Crippen LogP contribution in [-0.2, 0) is 11.2 Å². The predicted octanol–water partition coefficient (Wildman–Crippen LogP) is 3.01. The summed E-state index contributed by atoms with van der Waals surface area (Å²) < 4.78 is 11.2. The van der Waals surface area contributed by atoms with E-state index in [4.69, 9.17) is 15.0 Å². The topological polar surface area (TPSA) is 74.2 Å². The SMILES string of the molecule is CCOC(c1noc(CCCCN)n1)C1CCCCC1. The van der Waals surface area contributed by atoms with E-state index in [2.05, 4.69) is 10.1 Å². The van der Waals surface area contributed by atoms with Crippen LogP contribution < -0.4 is 5.73 Å². The van der Waals surface area contributed by atoms with Gasteiger partial charge in [-0.3, -0.25) is 0 Å². The summed E-state index contributed by atoms with van der Waals surface area (Å²) in [7, 11) is 0. The van der Waals surface area contributed by atoms with Crippen LogP contribution in [0.25, 0.3) is 0 Å². The van der Waals surface area contributed by atoms with Crippen molar-refractivity contribution >= 4 is 0 Å². The van der Waals surface area contributed by atoms with Crippen molar-refractivity contribution in [3.05, 3.63) is 11.7 Å². The van der Waals surface area contributed by atoms with Crippen LogP contribution in [0, 0.1) is 5.92 Å². The van der Waals surface area contributed by atoms with Gasteiger partial charge in [0.05, 0.1) is 0 Å². The van der Waals surface area contributed by atoms with Crippen LogP contribution in [-0.4, -0.2) is 23.3 Å². The summed E-state index contributed by atoms with van der Waals surface area (Å²) in [5.74, 6) is 1.99. The lowest BCUT2D eigenvalue weighted by atomic mass is 9.85. The molecule has 1 atom stereocenters. The number of hydrogen-bond donors (Lipinski definition) is 1. The number of rotatable bonds is 8. The van der Waals surface area contributed by atoms with Crippen molar-refractivity contribution in [2.45, 2.75) is 64.4 Å². The highest BCUT2D eigenvalue weighted by atomic mass is 16.5. The molecule has 20 heavy (non-hydrogen) atoms. The highest BCUT2D eigenvalue weighted by Crippen LogP contribution is 2.35. The first kappa shape index (κ1) is 15.4. The number of unbranched alkanes of at least 4 members (excludes halogenated alkanes) is 1. The summed E-state index contributed by atoms with van der Waals surface area (Å²) in [4.78, 5) is 4.53. The molecule has 0 spiro atoms. The first-order valence-corrected chi connectivity index (χ1v) is 7.99. The van der Waals surface area contributed by atoms with Crippen LogP contribution in [0.1, 0.15) is 69.7 Å². The lowest BCUT2D eigenvalue weighted by Crippen LogP contribution is -2.20. The Hall–Kier alpha value is -0.940. The monoisotopic (exact) mass is 281 g/mol. The van der Waals surface area contributed by atoms with Gasteiger partial charge in [0.2, 0.25) is 11.7 Å². The van der Waals surface area contributed by atoms with Gasteiger partial charge in [-0.05, 0) is 45.1 Å². The van der Waals surface area contributed by atoms with Gasteiger partial charge in [0.25, 0.3) is 0 Å². The summed E-state index contributed by atoms with van der Waals surface area (Å²) in [6.07, 6.45) is 9.15. The molecule has 0 aromatic carbocycles. The Bertz CT molecular complexity index is 375. The maximum atomic E-state index is 5.90. The van der Waals surface area contributed by atoms with Gasteiger partial charge in [0.1, 0.15) is 6.10 Å². The zero-order valence-electron chi connectivity index (χ0n) is 12.5. The Morgan fingerprint density at radius 3 is 2.80 bits per heavy atom. The number of aromatic nitrogens is 2. The van der Waals surface area contributed by atoms with E-state index in [0.29, 0.717) is 25.0 Å². The van der Waals surface area contributed by atoms with Crippen LogP contribution in [0.3, 0.4) is 0 Å². The molecule has 114 valence electrons. The molecule has 0 amide bonds. The summed E-state index contributed by atoms with van der Waals surface area (Å²) in [6, 6.07) is 0. The fraction of sp³-hybridized carbons (Fsp3) is 0.867. The molecular weight excluding hydrogens is 254 g/mol. The van der Waals surface area contributed by atoms with E-state index in [9.17, 15) is 0 Å². The van der Waals surface area contributed by atoms with E-state index < -0.39 is 0 Å². The van der Waals surface area contributed by atoms with Crippen molar-refractivity contribution in [3.8, 4) is 0 Å². The normalized spacial score (nSPS) is 18.3. The molecule has 0 saturated heterocycles.